The maximum atomic E-state index is 12.0. The maximum Gasteiger partial charge on any atom is 0.376 e. The smallest absolute Gasteiger partial charge is 0.376 e. The Morgan fingerprint density at radius 1 is 1.26 bits per heavy atom. The molecule has 0 aliphatic rings. The minimum atomic E-state index is -3.21. The molecule has 0 saturated carbocycles. The van der Waals surface area contributed by atoms with Crippen LogP contribution < -0.4 is 4.52 Å². The molecule has 1 rings (SSSR count). The molecule has 0 spiro atoms. The number of hydrogen-bond donors (Lipinski definition) is 0. The van der Waals surface area contributed by atoms with Crippen molar-refractivity contribution in [1.82, 2.24) is 0 Å². The number of ether oxygens (including phenoxy) is 1. The standard InChI is InChI=1S/C13H17O5P/c1-11(2)13(14)16-9-10-17-19(3,15)18-12-7-5-4-6-8-12/h4-8H,1,9-10H2,2-3H3. The van der Waals surface area contributed by atoms with Gasteiger partial charge in [-0.25, -0.2) is 9.36 Å². The van der Waals surface area contributed by atoms with Crippen molar-refractivity contribution in [2.45, 2.75) is 6.92 Å². The number of para-hydroxylation sites is 1. The molecule has 0 aromatic heterocycles. The van der Waals surface area contributed by atoms with E-state index < -0.39 is 13.6 Å². The van der Waals surface area contributed by atoms with Crippen LogP contribution in [0.5, 0.6) is 5.75 Å². The Bertz CT molecular complexity index is 483. The summed E-state index contributed by atoms with van der Waals surface area (Å²) in [6, 6.07) is 8.72. The fraction of sp³-hybridized carbons (Fsp3) is 0.308. The van der Waals surface area contributed by atoms with E-state index >= 15 is 0 Å². The summed E-state index contributed by atoms with van der Waals surface area (Å²) in [5.74, 6) is -0.0363. The zero-order valence-electron chi connectivity index (χ0n) is 11.0. The summed E-state index contributed by atoms with van der Waals surface area (Å²) in [5, 5.41) is 0. The van der Waals surface area contributed by atoms with Gasteiger partial charge in [-0.15, -0.1) is 0 Å². The molecule has 104 valence electrons. The lowest BCUT2D eigenvalue weighted by molar-refractivity contribution is -0.139. The van der Waals surface area contributed by atoms with Crippen LogP contribution in [-0.4, -0.2) is 25.8 Å². The van der Waals surface area contributed by atoms with E-state index in [1.54, 1.807) is 31.2 Å². The number of rotatable bonds is 7. The van der Waals surface area contributed by atoms with Gasteiger partial charge >= 0.3 is 13.6 Å². The number of carbonyl (C=O) groups excluding carboxylic acids is 1. The Hall–Kier alpha value is -1.58. The zero-order chi connectivity index (χ0) is 14.3. The second-order valence-corrected chi connectivity index (χ2v) is 5.91. The van der Waals surface area contributed by atoms with E-state index in [2.05, 4.69) is 6.58 Å². The van der Waals surface area contributed by atoms with Crippen LogP contribution in [0.25, 0.3) is 0 Å². The molecular formula is C13H17O5P. The fourth-order valence-corrected chi connectivity index (χ4v) is 2.12. The maximum absolute atomic E-state index is 12.0. The van der Waals surface area contributed by atoms with Crippen molar-refractivity contribution in [2.24, 2.45) is 0 Å². The lowest BCUT2D eigenvalue weighted by Crippen LogP contribution is -2.11. The lowest BCUT2D eigenvalue weighted by Gasteiger charge is -2.15. The van der Waals surface area contributed by atoms with Gasteiger partial charge in [-0.1, -0.05) is 24.8 Å². The van der Waals surface area contributed by atoms with Crippen LogP contribution in [0.2, 0.25) is 0 Å². The molecule has 1 unspecified atom stereocenters. The first-order valence-corrected chi connectivity index (χ1v) is 7.69. The first kappa shape index (κ1) is 15.5. The molecule has 0 heterocycles. The molecule has 0 aliphatic heterocycles. The van der Waals surface area contributed by atoms with Crippen molar-refractivity contribution < 1.29 is 23.1 Å². The third-order valence-electron chi connectivity index (χ3n) is 2.01. The number of hydrogen-bond acceptors (Lipinski definition) is 5. The minimum absolute atomic E-state index is 0.000366. The summed E-state index contributed by atoms with van der Waals surface area (Å²) in [7, 11) is -3.21. The first-order chi connectivity index (χ1) is 8.91. The monoisotopic (exact) mass is 284 g/mol. The van der Waals surface area contributed by atoms with Crippen molar-refractivity contribution in [3.05, 3.63) is 42.5 Å². The third-order valence-corrected chi connectivity index (χ3v) is 3.20. The van der Waals surface area contributed by atoms with E-state index in [9.17, 15) is 9.36 Å². The van der Waals surface area contributed by atoms with E-state index in [1.807, 2.05) is 6.07 Å². The van der Waals surface area contributed by atoms with Gasteiger partial charge in [-0.3, -0.25) is 4.52 Å². The van der Waals surface area contributed by atoms with Gasteiger partial charge < -0.3 is 9.26 Å². The average molecular weight is 284 g/mol. The first-order valence-electron chi connectivity index (χ1n) is 5.70. The van der Waals surface area contributed by atoms with Crippen LogP contribution in [0, 0.1) is 0 Å². The summed E-state index contributed by atoms with van der Waals surface area (Å²) >= 11 is 0. The van der Waals surface area contributed by atoms with Gasteiger partial charge in [0.05, 0.1) is 6.61 Å². The van der Waals surface area contributed by atoms with Gasteiger partial charge in [0.15, 0.2) is 0 Å². The largest absolute Gasteiger partial charge is 0.460 e. The summed E-state index contributed by atoms with van der Waals surface area (Å²) < 4.78 is 27.1. The van der Waals surface area contributed by atoms with Gasteiger partial charge in [-0.2, -0.15) is 0 Å². The summed E-state index contributed by atoms with van der Waals surface area (Å²) in [6.45, 7) is 6.35. The second-order valence-electron chi connectivity index (χ2n) is 3.93. The summed E-state index contributed by atoms with van der Waals surface area (Å²) in [4.78, 5) is 11.1. The van der Waals surface area contributed by atoms with E-state index in [-0.39, 0.29) is 13.2 Å². The third kappa shape index (κ3) is 6.22. The summed E-state index contributed by atoms with van der Waals surface area (Å²) in [6.07, 6.45) is 0. The molecule has 1 aromatic rings. The minimum Gasteiger partial charge on any atom is -0.460 e. The molecule has 1 atom stereocenters. The number of benzene rings is 1. The van der Waals surface area contributed by atoms with Crippen LogP contribution in [0.4, 0.5) is 0 Å². The fourth-order valence-electron chi connectivity index (χ4n) is 1.16. The molecule has 0 fully saturated rings. The van der Waals surface area contributed by atoms with Crippen molar-refractivity contribution >= 4 is 13.6 Å². The zero-order valence-corrected chi connectivity index (χ0v) is 11.9. The number of carbonyl (C=O) groups is 1. The molecule has 0 bridgehead atoms. The Morgan fingerprint density at radius 3 is 2.47 bits per heavy atom. The van der Waals surface area contributed by atoms with Gasteiger partial charge in [0, 0.05) is 12.2 Å². The Kier molecular flexibility index (Phi) is 5.80. The topological polar surface area (TPSA) is 61.8 Å². The van der Waals surface area contributed by atoms with E-state index in [1.165, 1.54) is 6.66 Å². The Labute approximate surface area is 112 Å². The summed E-state index contributed by atoms with van der Waals surface area (Å²) in [5.41, 5.74) is 0.306. The molecule has 6 heteroatoms. The van der Waals surface area contributed by atoms with Crippen LogP contribution in [0.1, 0.15) is 6.92 Å². The van der Waals surface area contributed by atoms with Crippen LogP contribution in [0.15, 0.2) is 42.5 Å². The normalized spacial score (nSPS) is 13.4. The molecule has 0 aliphatic carbocycles. The van der Waals surface area contributed by atoms with Gasteiger partial charge in [-0.05, 0) is 19.1 Å². The predicted molar refractivity (Wildman–Crippen MR) is 72.3 cm³/mol. The van der Waals surface area contributed by atoms with Gasteiger partial charge in [0.25, 0.3) is 0 Å². The Balaban J connectivity index is 2.33. The highest BCUT2D eigenvalue weighted by Gasteiger charge is 2.18. The van der Waals surface area contributed by atoms with Crippen molar-refractivity contribution in [3.63, 3.8) is 0 Å². The quantitative estimate of drug-likeness (QED) is 0.333. The molecule has 19 heavy (non-hydrogen) atoms. The van der Waals surface area contributed by atoms with Gasteiger partial charge in [0.1, 0.15) is 12.4 Å². The van der Waals surface area contributed by atoms with E-state index in [4.69, 9.17) is 13.8 Å². The number of esters is 1. The molecule has 5 nitrogen and oxygen atoms in total. The highest BCUT2D eigenvalue weighted by Crippen LogP contribution is 2.43. The molecule has 1 aromatic carbocycles. The predicted octanol–water partition coefficient (Wildman–Crippen LogP) is 3.02. The van der Waals surface area contributed by atoms with E-state index in [0.29, 0.717) is 11.3 Å². The Morgan fingerprint density at radius 2 is 1.89 bits per heavy atom. The lowest BCUT2D eigenvalue weighted by atomic mass is 10.3. The molecular weight excluding hydrogens is 267 g/mol. The van der Waals surface area contributed by atoms with Crippen LogP contribution in [0.3, 0.4) is 0 Å². The second kappa shape index (κ2) is 7.12. The molecule has 0 saturated heterocycles. The highest BCUT2D eigenvalue weighted by molar-refractivity contribution is 7.53. The molecule has 0 radical (unpaired) electrons. The van der Waals surface area contributed by atoms with Gasteiger partial charge in [0.2, 0.25) is 0 Å². The van der Waals surface area contributed by atoms with Crippen LogP contribution in [-0.2, 0) is 18.6 Å². The highest BCUT2D eigenvalue weighted by atomic mass is 31.2. The van der Waals surface area contributed by atoms with E-state index in [0.717, 1.165) is 0 Å². The SMILES string of the molecule is C=C(C)C(=O)OCCOP(C)(=O)Oc1ccccc1. The van der Waals surface area contributed by atoms with Crippen molar-refractivity contribution in [3.8, 4) is 5.75 Å². The molecule has 0 N–H and O–H groups in total. The van der Waals surface area contributed by atoms with Crippen molar-refractivity contribution in [1.29, 1.82) is 0 Å². The molecule has 0 amide bonds. The van der Waals surface area contributed by atoms with Crippen LogP contribution >= 0.6 is 7.60 Å². The van der Waals surface area contributed by atoms with Crippen molar-refractivity contribution in [2.75, 3.05) is 19.9 Å². The average Bonchev–Trinajstić information content (AvgIpc) is 2.35.